The summed E-state index contributed by atoms with van der Waals surface area (Å²) in [4.78, 5) is 40.3. The molecule has 4 amide bonds. The zero-order chi connectivity index (χ0) is 18.3. The standard InChI is InChI=1S/C16H17N5O4S/c1-25-8-13(22)17-9-5-6-20-12(7-9)15(23)21(16(20)24)11-4-2-3-10-14(11)19-26-18-10/h2-4,9,12H,5-8H2,1H3,(H,17,22)/t9-,12-/m0/s1. The maximum absolute atomic E-state index is 13.0. The fourth-order valence-electron chi connectivity index (χ4n) is 3.53. The summed E-state index contributed by atoms with van der Waals surface area (Å²) in [6.45, 7) is 0.387. The lowest BCUT2D eigenvalue weighted by Crippen LogP contribution is -2.50. The molecule has 0 saturated carbocycles. The first kappa shape index (κ1) is 16.9. The third-order valence-electron chi connectivity index (χ3n) is 4.69. The number of benzene rings is 1. The van der Waals surface area contributed by atoms with Crippen LogP contribution in [0.2, 0.25) is 0 Å². The third-order valence-corrected chi connectivity index (χ3v) is 5.23. The van der Waals surface area contributed by atoms with E-state index in [9.17, 15) is 14.4 Å². The van der Waals surface area contributed by atoms with Gasteiger partial charge < -0.3 is 15.0 Å². The van der Waals surface area contributed by atoms with E-state index in [-0.39, 0.29) is 30.5 Å². The second-order valence-electron chi connectivity index (χ2n) is 6.30. The summed E-state index contributed by atoms with van der Waals surface area (Å²) in [5, 5.41) is 2.85. The van der Waals surface area contributed by atoms with Crippen molar-refractivity contribution in [2.45, 2.75) is 24.9 Å². The molecule has 2 aliphatic heterocycles. The van der Waals surface area contributed by atoms with E-state index in [1.54, 1.807) is 23.1 Å². The number of aromatic nitrogens is 2. The highest BCUT2D eigenvalue weighted by atomic mass is 32.1. The molecule has 0 bridgehead atoms. The molecule has 1 aromatic carbocycles. The van der Waals surface area contributed by atoms with Crippen molar-refractivity contribution >= 4 is 46.3 Å². The molecule has 3 heterocycles. The van der Waals surface area contributed by atoms with Gasteiger partial charge in [0.15, 0.2) is 0 Å². The predicted octanol–water partition coefficient (Wildman–Crippen LogP) is 0.754. The molecule has 4 rings (SSSR count). The van der Waals surface area contributed by atoms with Crippen molar-refractivity contribution in [2.24, 2.45) is 0 Å². The van der Waals surface area contributed by atoms with Crippen molar-refractivity contribution in [3.05, 3.63) is 18.2 Å². The number of anilines is 1. The molecule has 9 nitrogen and oxygen atoms in total. The van der Waals surface area contributed by atoms with Gasteiger partial charge in [-0.05, 0) is 25.0 Å². The first-order valence-corrected chi connectivity index (χ1v) is 8.97. The number of carbonyl (C=O) groups is 3. The molecule has 2 aliphatic rings. The average Bonchev–Trinajstić information content (AvgIpc) is 3.19. The van der Waals surface area contributed by atoms with Crippen molar-refractivity contribution in [2.75, 3.05) is 25.2 Å². The van der Waals surface area contributed by atoms with Crippen molar-refractivity contribution in [3.63, 3.8) is 0 Å². The predicted molar refractivity (Wildman–Crippen MR) is 93.8 cm³/mol. The van der Waals surface area contributed by atoms with Crippen LogP contribution in [0.3, 0.4) is 0 Å². The molecule has 2 saturated heterocycles. The van der Waals surface area contributed by atoms with E-state index in [4.69, 9.17) is 4.74 Å². The first-order chi connectivity index (χ1) is 12.6. The number of imide groups is 1. The van der Waals surface area contributed by atoms with Crippen LogP contribution < -0.4 is 10.2 Å². The number of rotatable bonds is 4. The van der Waals surface area contributed by atoms with E-state index in [1.807, 2.05) is 0 Å². The van der Waals surface area contributed by atoms with Crippen LogP contribution in [0, 0.1) is 0 Å². The molecule has 0 unspecified atom stereocenters. The van der Waals surface area contributed by atoms with E-state index in [1.165, 1.54) is 12.0 Å². The molecule has 2 aromatic rings. The molecule has 10 heteroatoms. The van der Waals surface area contributed by atoms with Gasteiger partial charge in [0.05, 0.1) is 17.4 Å². The number of methoxy groups -OCH3 is 1. The molecule has 136 valence electrons. The highest BCUT2D eigenvalue weighted by Gasteiger charge is 2.49. The number of fused-ring (bicyclic) bond motifs is 2. The Bertz CT molecular complexity index is 884. The van der Waals surface area contributed by atoms with E-state index < -0.39 is 6.04 Å². The number of hydrogen-bond donors (Lipinski definition) is 1. The zero-order valence-electron chi connectivity index (χ0n) is 14.0. The maximum atomic E-state index is 13.0. The molecule has 0 radical (unpaired) electrons. The zero-order valence-corrected chi connectivity index (χ0v) is 14.9. The van der Waals surface area contributed by atoms with Crippen LogP contribution >= 0.6 is 11.7 Å². The van der Waals surface area contributed by atoms with Crippen LogP contribution in [0.25, 0.3) is 11.0 Å². The summed E-state index contributed by atoms with van der Waals surface area (Å²) in [6.07, 6.45) is 0.989. The Hall–Kier alpha value is -2.59. The second kappa shape index (κ2) is 6.61. The SMILES string of the molecule is COCC(=O)N[C@H]1CCN2C(=O)N(c3cccc4nsnc34)C(=O)[C@@H]2C1. The normalized spacial score (nSPS) is 22.8. The van der Waals surface area contributed by atoms with Gasteiger partial charge in [0, 0.05) is 19.7 Å². The molecule has 1 N–H and O–H groups in total. The van der Waals surface area contributed by atoms with E-state index in [0.29, 0.717) is 36.1 Å². The summed E-state index contributed by atoms with van der Waals surface area (Å²) < 4.78 is 13.2. The van der Waals surface area contributed by atoms with E-state index >= 15 is 0 Å². The Morgan fingerprint density at radius 3 is 3.04 bits per heavy atom. The van der Waals surface area contributed by atoms with Crippen molar-refractivity contribution < 1.29 is 19.1 Å². The summed E-state index contributed by atoms with van der Waals surface area (Å²) in [6, 6.07) is 4.17. The summed E-state index contributed by atoms with van der Waals surface area (Å²) in [5.74, 6) is -0.515. The van der Waals surface area contributed by atoms with Crippen molar-refractivity contribution in [1.82, 2.24) is 19.0 Å². The van der Waals surface area contributed by atoms with Gasteiger partial charge in [0.1, 0.15) is 23.7 Å². The minimum absolute atomic E-state index is 0.0251. The number of carbonyl (C=O) groups excluding carboxylic acids is 3. The highest BCUT2D eigenvalue weighted by Crippen LogP contribution is 2.34. The highest BCUT2D eigenvalue weighted by molar-refractivity contribution is 7.00. The smallest absolute Gasteiger partial charge is 0.332 e. The maximum Gasteiger partial charge on any atom is 0.332 e. The van der Waals surface area contributed by atoms with Crippen LogP contribution in [0.4, 0.5) is 10.5 Å². The Labute approximate surface area is 153 Å². The van der Waals surface area contributed by atoms with Crippen LogP contribution in [0.5, 0.6) is 0 Å². The van der Waals surface area contributed by atoms with Gasteiger partial charge in [-0.3, -0.25) is 9.59 Å². The largest absolute Gasteiger partial charge is 0.375 e. The Morgan fingerprint density at radius 2 is 2.23 bits per heavy atom. The fourth-order valence-corrected chi connectivity index (χ4v) is 4.07. The minimum atomic E-state index is -0.578. The lowest BCUT2D eigenvalue weighted by molar-refractivity contribution is -0.127. The topological polar surface area (TPSA) is 105 Å². The van der Waals surface area contributed by atoms with Gasteiger partial charge in [-0.25, -0.2) is 9.69 Å². The summed E-state index contributed by atoms with van der Waals surface area (Å²) in [5.41, 5.74) is 1.66. The van der Waals surface area contributed by atoms with Crippen LogP contribution in [-0.2, 0) is 14.3 Å². The van der Waals surface area contributed by atoms with E-state index in [2.05, 4.69) is 14.1 Å². The van der Waals surface area contributed by atoms with Crippen molar-refractivity contribution in [1.29, 1.82) is 0 Å². The van der Waals surface area contributed by atoms with Gasteiger partial charge in [-0.1, -0.05) is 6.07 Å². The van der Waals surface area contributed by atoms with Gasteiger partial charge in [0.2, 0.25) is 5.91 Å². The van der Waals surface area contributed by atoms with Gasteiger partial charge >= 0.3 is 6.03 Å². The van der Waals surface area contributed by atoms with Crippen LogP contribution in [0.15, 0.2) is 18.2 Å². The molecule has 26 heavy (non-hydrogen) atoms. The van der Waals surface area contributed by atoms with Gasteiger partial charge in [-0.2, -0.15) is 8.75 Å². The Kier molecular flexibility index (Phi) is 4.29. The van der Waals surface area contributed by atoms with E-state index in [0.717, 1.165) is 11.7 Å². The lowest BCUT2D eigenvalue weighted by atomic mass is 9.98. The first-order valence-electron chi connectivity index (χ1n) is 8.24. The number of piperidine rings is 1. The molecule has 1 aromatic heterocycles. The molecular formula is C16H17N5O4S. The molecular weight excluding hydrogens is 358 g/mol. The molecule has 2 atom stereocenters. The third kappa shape index (κ3) is 2.71. The average molecular weight is 375 g/mol. The molecule has 2 fully saturated rings. The quantitative estimate of drug-likeness (QED) is 0.791. The Morgan fingerprint density at radius 1 is 1.38 bits per heavy atom. The van der Waals surface area contributed by atoms with Crippen LogP contribution in [-0.4, -0.2) is 63.8 Å². The fraction of sp³-hybridized carbons (Fsp3) is 0.438. The summed E-state index contributed by atoms with van der Waals surface area (Å²) in [7, 11) is 1.45. The lowest BCUT2D eigenvalue weighted by Gasteiger charge is -2.32. The minimum Gasteiger partial charge on any atom is -0.375 e. The number of hydrogen-bond acceptors (Lipinski definition) is 7. The number of nitrogens with zero attached hydrogens (tertiary/aromatic N) is 4. The Balaban J connectivity index is 1.58. The second-order valence-corrected chi connectivity index (χ2v) is 6.82. The number of amides is 4. The van der Waals surface area contributed by atoms with Crippen LogP contribution in [0.1, 0.15) is 12.8 Å². The van der Waals surface area contributed by atoms with Gasteiger partial charge in [0.25, 0.3) is 5.91 Å². The molecule has 0 aliphatic carbocycles. The van der Waals surface area contributed by atoms with Gasteiger partial charge in [-0.15, -0.1) is 0 Å². The monoisotopic (exact) mass is 375 g/mol. The van der Waals surface area contributed by atoms with Crippen molar-refractivity contribution in [3.8, 4) is 0 Å². The number of nitrogens with one attached hydrogen (secondary N) is 1. The number of ether oxygens (including phenoxy) is 1. The molecule has 0 spiro atoms. The summed E-state index contributed by atoms with van der Waals surface area (Å²) >= 11 is 1.04. The number of urea groups is 1.